The Kier molecular flexibility index (Phi) is 3.37. The molecular weight excluding hydrogens is 300 g/mol. The summed E-state index contributed by atoms with van der Waals surface area (Å²) in [6, 6.07) is 0. The summed E-state index contributed by atoms with van der Waals surface area (Å²) < 4.78 is 0. The Morgan fingerprint density at radius 3 is 2.54 bits per heavy atom. The van der Waals surface area contributed by atoms with Crippen molar-refractivity contribution < 1.29 is 15.0 Å². The van der Waals surface area contributed by atoms with E-state index in [1.807, 2.05) is 6.92 Å². The molecule has 2 bridgehead atoms. The highest BCUT2D eigenvalue weighted by atomic mass is 16.4. The Hall–Kier alpha value is -0.830. The van der Waals surface area contributed by atoms with Crippen molar-refractivity contribution in [3.05, 3.63) is 11.6 Å². The summed E-state index contributed by atoms with van der Waals surface area (Å²) >= 11 is 0. The Balaban J connectivity index is 1.77. The van der Waals surface area contributed by atoms with Crippen LogP contribution in [0, 0.1) is 28.1 Å². The van der Waals surface area contributed by atoms with Gasteiger partial charge in [-0.25, -0.2) is 0 Å². The molecule has 3 fully saturated rings. The molecule has 3 nitrogen and oxygen atoms in total. The highest BCUT2D eigenvalue weighted by Crippen LogP contribution is 2.71. The molecule has 2 N–H and O–H groups in total. The first-order valence-electron chi connectivity index (χ1n) is 9.88. The van der Waals surface area contributed by atoms with Gasteiger partial charge < -0.3 is 10.2 Å². The number of hydrogen-bond acceptors (Lipinski definition) is 2. The molecule has 134 valence electrons. The first-order chi connectivity index (χ1) is 11.2. The van der Waals surface area contributed by atoms with E-state index in [2.05, 4.69) is 19.9 Å². The van der Waals surface area contributed by atoms with Gasteiger partial charge in [0.25, 0.3) is 0 Å². The summed E-state index contributed by atoms with van der Waals surface area (Å²) in [6.07, 6.45) is 11.3. The lowest BCUT2D eigenvalue weighted by Gasteiger charge is -2.63. The topological polar surface area (TPSA) is 57.5 Å². The summed E-state index contributed by atoms with van der Waals surface area (Å²) in [5.74, 6) is 0.210. The van der Waals surface area contributed by atoms with Gasteiger partial charge in [-0.1, -0.05) is 26.3 Å². The zero-order chi connectivity index (χ0) is 17.4. The number of allylic oxidation sites excluding steroid dienone is 1. The Morgan fingerprint density at radius 1 is 1.17 bits per heavy atom. The highest BCUT2D eigenvalue weighted by Gasteiger charge is 2.66. The summed E-state index contributed by atoms with van der Waals surface area (Å²) in [5.41, 5.74) is 0.339. The van der Waals surface area contributed by atoms with Crippen molar-refractivity contribution in [2.24, 2.45) is 28.1 Å². The van der Waals surface area contributed by atoms with E-state index in [-0.39, 0.29) is 16.7 Å². The molecule has 6 unspecified atom stereocenters. The van der Waals surface area contributed by atoms with Crippen molar-refractivity contribution in [1.29, 1.82) is 0 Å². The second-order valence-corrected chi connectivity index (χ2v) is 9.73. The number of carboxylic acid groups (broad SMARTS) is 1. The number of carboxylic acids is 1. The molecule has 0 aromatic carbocycles. The molecule has 6 atom stereocenters. The fraction of sp³-hybridized carbons (Fsp3) is 0.857. The third-order valence-electron chi connectivity index (χ3n) is 8.76. The Labute approximate surface area is 145 Å². The number of aliphatic hydroxyl groups is 1. The predicted molar refractivity (Wildman–Crippen MR) is 93.5 cm³/mol. The van der Waals surface area contributed by atoms with E-state index >= 15 is 0 Å². The molecule has 0 radical (unpaired) electrons. The normalized spacial score (nSPS) is 53.1. The van der Waals surface area contributed by atoms with Crippen LogP contribution in [-0.2, 0) is 4.79 Å². The van der Waals surface area contributed by atoms with E-state index in [1.54, 1.807) is 0 Å². The number of aliphatic carboxylic acids is 1. The highest BCUT2D eigenvalue weighted by molar-refractivity contribution is 5.75. The number of rotatable bonds is 2. The predicted octanol–water partition coefficient (Wildman–Crippen LogP) is 4.55. The molecule has 0 heterocycles. The smallest absolute Gasteiger partial charge is 0.309 e. The maximum absolute atomic E-state index is 12.1. The molecule has 4 aliphatic carbocycles. The summed E-state index contributed by atoms with van der Waals surface area (Å²) in [5, 5.41) is 21.1. The monoisotopic (exact) mass is 332 g/mol. The lowest BCUT2D eigenvalue weighted by Crippen LogP contribution is -2.59. The van der Waals surface area contributed by atoms with Gasteiger partial charge in [-0.15, -0.1) is 0 Å². The molecule has 0 amide bonds. The number of carbonyl (C=O) groups is 1. The first-order valence-corrected chi connectivity index (χ1v) is 9.88. The van der Waals surface area contributed by atoms with Gasteiger partial charge in [0.15, 0.2) is 0 Å². The lowest BCUT2D eigenvalue weighted by molar-refractivity contribution is -0.183. The minimum absolute atomic E-state index is 0.102. The summed E-state index contributed by atoms with van der Waals surface area (Å²) in [4.78, 5) is 12.1. The molecule has 24 heavy (non-hydrogen) atoms. The summed E-state index contributed by atoms with van der Waals surface area (Å²) in [7, 11) is 0. The van der Waals surface area contributed by atoms with Crippen molar-refractivity contribution >= 4 is 5.97 Å². The van der Waals surface area contributed by atoms with Crippen LogP contribution in [0.2, 0.25) is 0 Å². The van der Waals surface area contributed by atoms with Crippen molar-refractivity contribution in [2.75, 3.05) is 0 Å². The minimum Gasteiger partial charge on any atom is -0.481 e. The van der Waals surface area contributed by atoms with Gasteiger partial charge in [0.1, 0.15) is 0 Å². The molecule has 0 saturated heterocycles. The van der Waals surface area contributed by atoms with E-state index in [1.165, 1.54) is 5.57 Å². The molecule has 0 aliphatic heterocycles. The molecule has 3 saturated carbocycles. The largest absolute Gasteiger partial charge is 0.481 e. The molecule has 0 aromatic rings. The second kappa shape index (κ2) is 4.87. The van der Waals surface area contributed by atoms with Gasteiger partial charge in [-0.3, -0.25) is 4.79 Å². The van der Waals surface area contributed by atoms with Gasteiger partial charge in [-0.2, -0.15) is 0 Å². The Bertz CT molecular complexity index is 610. The van der Waals surface area contributed by atoms with Crippen molar-refractivity contribution in [3.8, 4) is 0 Å². The lowest BCUT2D eigenvalue weighted by atomic mass is 9.41. The van der Waals surface area contributed by atoms with Crippen LogP contribution in [0.5, 0.6) is 0 Å². The standard InChI is InChI=1S/C21H32O3/c1-4-14-12-20-10-6-15-18(2,8-5-9-19(15,3)17(22)23)16(20)7-11-21(14,24)13-20/h12,15-16,24H,4-11,13H2,1-3H3,(H,22,23). The van der Waals surface area contributed by atoms with E-state index in [9.17, 15) is 15.0 Å². The van der Waals surface area contributed by atoms with Gasteiger partial charge >= 0.3 is 5.97 Å². The molecule has 4 rings (SSSR count). The van der Waals surface area contributed by atoms with Crippen LogP contribution in [0.4, 0.5) is 0 Å². The average molecular weight is 332 g/mol. The van der Waals surface area contributed by atoms with Crippen LogP contribution in [0.25, 0.3) is 0 Å². The fourth-order valence-electron chi connectivity index (χ4n) is 7.73. The second-order valence-electron chi connectivity index (χ2n) is 9.73. The average Bonchev–Trinajstić information content (AvgIpc) is 2.72. The fourth-order valence-corrected chi connectivity index (χ4v) is 7.73. The van der Waals surface area contributed by atoms with Crippen LogP contribution < -0.4 is 0 Å². The summed E-state index contributed by atoms with van der Waals surface area (Å²) in [6.45, 7) is 6.54. The quantitative estimate of drug-likeness (QED) is 0.730. The van der Waals surface area contributed by atoms with Crippen LogP contribution in [0.3, 0.4) is 0 Å². The molecule has 0 aromatic heterocycles. The third kappa shape index (κ3) is 1.85. The van der Waals surface area contributed by atoms with Crippen molar-refractivity contribution in [2.45, 2.75) is 84.2 Å². The van der Waals surface area contributed by atoms with Crippen LogP contribution in [0.15, 0.2) is 11.6 Å². The van der Waals surface area contributed by atoms with Crippen LogP contribution >= 0.6 is 0 Å². The van der Waals surface area contributed by atoms with E-state index in [0.717, 1.165) is 57.8 Å². The van der Waals surface area contributed by atoms with Gasteiger partial charge in [0, 0.05) is 0 Å². The third-order valence-corrected chi connectivity index (χ3v) is 8.76. The first kappa shape index (κ1) is 16.6. The molecule has 4 aliphatic rings. The van der Waals surface area contributed by atoms with Crippen molar-refractivity contribution in [1.82, 2.24) is 0 Å². The minimum atomic E-state index is -0.599. The molecule has 3 heteroatoms. The Morgan fingerprint density at radius 2 is 1.88 bits per heavy atom. The van der Waals surface area contributed by atoms with E-state index in [0.29, 0.717) is 5.92 Å². The zero-order valence-corrected chi connectivity index (χ0v) is 15.4. The van der Waals surface area contributed by atoms with Gasteiger partial charge in [0.2, 0.25) is 0 Å². The maximum atomic E-state index is 12.1. The van der Waals surface area contributed by atoms with Gasteiger partial charge in [-0.05, 0) is 86.5 Å². The van der Waals surface area contributed by atoms with Crippen LogP contribution in [-0.4, -0.2) is 21.8 Å². The molecular formula is C21H32O3. The number of hydrogen-bond donors (Lipinski definition) is 2. The van der Waals surface area contributed by atoms with Crippen molar-refractivity contribution in [3.63, 3.8) is 0 Å². The van der Waals surface area contributed by atoms with E-state index in [4.69, 9.17) is 0 Å². The van der Waals surface area contributed by atoms with Gasteiger partial charge in [0.05, 0.1) is 11.0 Å². The number of fused-ring (bicyclic) bond motifs is 3. The SMILES string of the molecule is CCC1=CC23CCC4C(C)(C(=O)O)CCCC4(C)C2CCC1(O)C3. The van der Waals surface area contributed by atoms with Crippen LogP contribution in [0.1, 0.15) is 78.6 Å². The zero-order valence-electron chi connectivity index (χ0n) is 15.4. The maximum Gasteiger partial charge on any atom is 0.309 e. The van der Waals surface area contributed by atoms with E-state index < -0.39 is 17.0 Å². The molecule has 1 spiro atoms.